The number of hydrogen-bond donors (Lipinski definition) is 2. The molecular formula is C22H19N7O2. The van der Waals surface area contributed by atoms with Crippen LogP contribution in [0.15, 0.2) is 61.1 Å². The number of nitrogens with zero attached hydrogens (tertiary/aromatic N) is 6. The number of hydrogen-bond acceptors (Lipinski definition) is 8. The van der Waals surface area contributed by atoms with E-state index >= 15 is 0 Å². The maximum atomic E-state index is 9.97. The van der Waals surface area contributed by atoms with E-state index < -0.39 is 6.10 Å². The van der Waals surface area contributed by atoms with Crippen molar-refractivity contribution in [3.05, 3.63) is 78.0 Å². The summed E-state index contributed by atoms with van der Waals surface area (Å²) in [7, 11) is 0. The number of nitrogens with two attached hydrogens (primary N) is 1. The smallest absolute Gasteiger partial charge is 0.223 e. The van der Waals surface area contributed by atoms with Crippen LogP contribution in [-0.4, -0.2) is 36.4 Å². The van der Waals surface area contributed by atoms with Crippen molar-refractivity contribution in [1.29, 1.82) is 5.26 Å². The summed E-state index contributed by atoms with van der Waals surface area (Å²) >= 11 is 0. The lowest BCUT2D eigenvalue weighted by Gasteiger charge is -2.12. The molecule has 0 fully saturated rings. The lowest BCUT2D eigenvalue weighted by atomic mass is 10.2. The van der Waals surface area contributed by atoms with Crippen molar-refractivity contribution in [1.82, 2.24) is 24.7 Å². The van der Waals surface area contributed by atoms with Crippen LogP contribution in [0.3, 0.4) is 0 Å². The average molecular weight is 413 g/mol. The van der Waals surface area contributed by atoms with Gasteiger partial charge in [-0.1, -0.05) is 6.07 Å². The fraction of sp³-hybridized carbons (Fsp3) is 0.136. The number of aromatic nitrogens is 5. The Morgan fingerprint density at radius 2 is 2.06 bits per heavy atom. The van der Waals surface area contributed by atoms with Gasteiger partial charge in [0.15, 0.2) is 5.75 Å². The zero-order valence-electron chi connectivity index (χ0n) is 16.7. The normalized spacial score (nSPS) is 11.7. The number of pyridine rings is 1. The molecule has 0 saturated carbocycles. The summed E-state index contributed by atoms with van der Waals surface area (Å²) in [6.45, 7) is 1.85. The molecule has 0 saturated heterocycles. The van der Waals surface area contributed by atoms with Crippen LogP contribution >= 0.6 is 0 Å². The van der Waals surface area contributed by atoms with Gasteiger partial charge in [-0.15, -0.1) is 0 Å². The third-order valence-electron chi connectivity index (χ3n) is 4.50. The highest BCUT2D eigenvalue weighted by Gasteiger charge is 2.15. The van der Waals surface area contributed by atoms with Crippen LogP contribution in [0.25, 0.3) is 17.1 Å². The highest BCUT2D eigenvalue weighted by molar-refractivity contribution is 5.57. The monoisotopic (exact) mass is 413 g/mol. The van der Waals surface area contributed by atoms with E-state index in [0.29, 0.717) is 45.7 Å². The standard InChI is InChI=1S/C22H19N7O2/c1-14-27-18(17-4-2-3-7-25-17)9-22(28-14)31-21-8-15(10-23)5-6-19(21)29-13-16(12-26-29)20(30)11-24/h2-9,12-13,20,30H,11,24H2,1H3/t20-/m0/s1. The quantitative estimate of drug-likeness (QED) is 0.492. The Bertz CT molecular complexity index is 1250. The first-order valence-corrected chi connectivity index (χ1v) is 9.49. The van der Waals surface area contributed by atoms with Crippen LogP contribution in [0, 0.1) is 18.3 Å². The molecule has 1 atom stereocenters. The number of aryl methyl sites for hydroxylation is 1. The lowest BCUT2D eigenvalue weighted by molar-refractivity contribution is 0.186. The third-order valence-corrected chi connectivity index (χ3v) is 4.50. The van der Waals surface area contributed by atoms with Crippen molar-refractivity contribution in [2.75, 3.05) is 6.54 Å². The van der Waals surface area contributed by atoms with Gasteiger partial charge in [-0.05, 0) is 31.2 Å². The van der Waals surface area contributed by atoms with Crippen LogP contribution in [0.5, 0.6) is 11.6 Å². The zero-order chi connectivity index (χ0) is 21.8. The van der Waals surface area contributed by atoms with E-state index in [-0.39, 0.29) is 6.54 Å². The largest absolute Gasteiger partial charge is 0.437 e. The molecule has 4 rings (SSSR count). The summed E-state index contributed by atoms with van der Waals surface area (Å²) in [6.07, 6.45) is 4.07. The Balaban J connectivity index is 1.74. The van der Waals surface area contributed by atoms with Crippen molar-refractivity contribution in [2.45, 2.75) is 13.0 Å². The van der Waals surface area contributed by atoms with Gasteiger partial charge in [-0.3, -0.25) is 4.98 Å². The molecule has 31 heavy (non-hydrogen) atoms. The first kappa shape index (κ1) is 20.2. The second kappa shape index (κ2) is 8.71. The summed E-state index contributed by atoms with van der Waals surface area (Å²) < 4.78 is 7.62. The van der Waals surface area contributed by atoms with Gasteiger partial charge < -0.3 is 15.6 Å². The summed E-state index contributed by atoms with van der Waals surface area (Å²) in [5.41, 5.74) is 8.41. The van der Waals surface area contributed by atoms with E-state index in [4.69, 9.17) is 10.5 Å². The number of aliphatic hydroxyl groups is 1. The third kappa shape index (κ3) is 4.40. The molecule has 3 N–H and O–H groups in total. The van der Waals surface area contributed by atoms with Gasteiger partial charge >= 0.3 is 0 Å². The first-order valence-electron chi connectivity index (χ1n) is 9.49. The molecule has 0 aliphatic rings. The summed E-state index contributed by atoms with van der Waals surface area (Å²) in [5.74, 6) is 1.20. The van der Waals surface area contributed by atoms with Gasteiger partial charge in [-0.2, -0.15) is 15.3 Å². The van der Waals surface area contributed by atoms with E-state index in [0.717, 1.165) is 0 Å². The maximum absolute atomic E-state index is 9.97. The van der Waals surface area contributed by atoms with Crippen LogP contribution in [0.4, 0.5) is 0 Å². The summed E-state index contributed by atoms with van der Waals surface area (Å²) in [4.78, 5) is 13.1. The van der Waals surface area contributed by atoms with E-state index in [1.807, 2.05) is 18.2 Å². The predicted molar refractivity (Wildman–Crippen MR) is 112 cm³/mol. The van der Waals surface area contributed by atoms with E-state index in [1.165, 1.54) is 6.20 Å². The second-order valence-corrected chi connectivity index (χ2v) is 6.72. The molecule has 0 aliphatic carbocycles. The molecule has 4 aromatic rings. The topological polar surface area (TPSA) is 136 Å². The second-order valence-electron chi connectivity index (χ2n) is 6.72. The number of aliphatic hydroxyl groups excluding tert-OH is 1. The van der Waals surface area contributed by atoms with Crippen molar-refractivity contribution in [2.24, 2.45) is 5.73 Å². The molecule has 0 spiro atoms. The van der Waals surface area contributed by atoms with E-state index in [2.05, 4.69) is 26.1 Å². The van der Waals surface area contributed by atoms with Gasteiger partial charge in [0, 0.05) is 36.6 Å². The van der Waals surface area contributed by atoms with Crippen LogP contribution in [0.1, 0.15) is 23.1 Å². The van der Waals surface area contributed by atoms with E-state index in [9.17, 15) is 10.4 Å². The lowest BCUT2D eigenvalue weighted by Crippen LogP contribution is -2.10. The van der Waals surface area contributed by atoms with Gasteiger partial charge in [0.1, 0.15) is 11.5 Å². The molecule has 1 aromatic carbocycles. The Labute approximate surface area is 178 Å². The molecule has 0 unspecified atom stereocenters. The minimum absolute atomic E-state index is 0.0823. The minimum atomic E-state index is -0.818. The van der Waals surface area contributed by atoms with Gasteiger partial charge in [0.2, 0.25) is 5.88 Å². The van der Waals surface area contributed by atoms with Crippen LogP contribution in [0.2, 0.25) is 0 Å². The fourth-order valence-electron chi connectivity index (χ4n) is 2.98. The highest BCUT2D eigenvalue weighted by Crippen LogP contribution is 2.30. The molecule has 3 aromatic heterocycles. The summed E-state index contributed by atoms with van der Waals surface area (Å²) in [5, 5.41) is 23.6. The molecule has 9 nitrogen and oxygen atoms in total. The Morgan fingerprint density at radius 1 is 1.19 bits per heavy atom. The average Bonchev–Trinajstić information content (AvgIpc) is 3.28. The highest BCUT2D eigenvalue weighted by atomic mass is 16.5. The van der Waals surface area contributed by atoms with Crippen LogP contribution in [-0.2, 0) is 0 Å². The van der Waals surface area contributed by atoms with Crippen molar-refractivity contribution in [3.8, 4) is 34.8 Å². The van der Waals surface area contributed by atoms with Gasteiger partial charge in [-0.25, -0.2) is 9.67 Å². The molecule has 9 heteroatoms. The van der Waals surface area contributed by atoms with Crippen molar-refractivity contribution < 1.29 is 9.84 Å². The zero-order valence-corrected chi connectivity index (χ0v) is 16.7. The number of nitriles is 1. The van der Waals surface area contributed by atoms with Crippen molar-refractivity contribution in [3.63, 3.8) is 0 Å². The number of benzene rings is 1. The molecule has 154 valence electrons. The Hall–Kier alpha value is -4.13. The number of rotatable bonds is 6. The molecule has 0 aliphatic heterocycles. The Kier molecular flexibility index (Phi) is 5.66. The van der Waals surface area contributed by atoms with E-state index in [1.54, 1.807) is 48.3 Å². The Morgan fingerprint density at radius 3 is 2.81 bits per heavy atom. The minimum Gasteiger partial charge on any atom is -0.437 e. The van der Waals surface area contributed by atoms with Gasteiger partial charge in [0.25, 0.3) is 0 Å². The first-order chi connectivity index (χ1) is 15.1. The van der Waals surface area contributed by atoms with Crippen molar-refractivity contribution >= 4 is 0 Å². The molecule has 0 bridgehead atoms. The fourth-order valence-corrected chi connectivity index (χ4v) is 2.98. The van der Waals surface area contributed by atoms with Gasteiger partial charge in [0.05, 0.1) is 35.3 Å². The molecule has 0 amide bonds. The molecular weight excluding hydrogens is 394 g/mol. The molecule has 0 radical (unpaired) electrons. The number of ether oxygens (including phenoxy) is 1. The van der Waals surface area contributed by atoms with Crippen LogP contribution < -0.4 is 10.5 Å². The molecule has 3 heterocycles. The predicted octanol–water partition coefficient (Wildman–Crippen LogP) is 2.69. The maximum Gasteiger partial charge on any atom is 0.223 e. The summed E-state index contributed by atoms with van der Waals surface area (Å²) in [6, 6.07) is 14.3. The SMILES string of the molecule is Cc1nc(Oc2cc(C#N)ccc2-n2cc([C@@H](O)CN)cn2)cc(-c2ccccn2)n1.